The third-order valence-electron chi connectivity index (χ3n) is 3.95. The molecule has 2 heteroatoms. The second-order valence-corrected chi connectivity index (χ2v) is 5.75. The van der Waals surface area contributed by atoms with Crippen LogP contribution in [0.4, 0.5) is 0 Å². The highest BCUT2D eigenvalue weighted by Gasteiger charge is 2.22. The van der Waals surface area contributed by atoms with Gasteiger partial charge in [0, 0.05) is 11.5 Å². The van der Waals surface area contributed by atoms with E-state index in [-0.39, 0.29) is 6.29 Å². The van der Waals surface area contributed by atoms with Gasteiger partial charge < -0.3 is 9.47 Å². The number of unbranched alkanes of at least 4 members (excludes halogenated alkanes) is 5. The Morgan fingerprint density at radius 2 is 1.65 bits per heavy atom. The first-order valence-electron chi connectivity index (χ1n) is 8.09. The molecule has 0 bridgehead atoms. The molecule has 0 amide bonds. The summed E-state index contributed by atoms with van der Waals surface area (Å²) in [7, 11) is 0. The molecule has 1 aromatic rings. The van der Waals surface area contributed by atoms with Crippen molar-refractivity contribution in [2.45, 2.75) is 58.2 Å². The van der Waals surface area contributed by atoms with Crippen molar-refractivity contribution < 1.29 is 9.47 Å². The van der Waals surface area contributed by atoms with E-state index >= 15 is 0 Å². The zero-order chi connectivity index (χ0) is 14.0. The number of hydrogen-bond acceptors (Lipinski definition) is 2. The zero-order valence-electron chi connectivity index (χ0n) is 12.6. The lowest BCUT2D eigenvalue weighted by Gasteiger charge is -2.29. The normalized spacial score (nSPS) is 22.9. The maximum Gasteiger partial charge on any atom is 0.183 e. The van der Waals surface area contributed by atoms with Crippen LogP contribution in [0.25, 0.3) is 0 Å². The highest BCUT2D eigenvalue weighted by Crippen LogP contribution is 2.27. The molecule has 1 aliphatic rings. The molecule has 0 spiro atoms. The van der Waals surface area contributed by atoms with Crippen LogP contribution in [0.1, 0.15) is 63.7 Å². The Morgan fingerprint density at radius 1 is 1.00 bits per heavy atom. The van der Waals surface area contributed by atoms with E-state index in [0.717, 1.165) is 18.8 Å². The van der Waals surface area contributed by atoms with Gasteiger partial charge in [0.25, 0.3) is 0 Å². The summed E-state index contributed by atoms with van der Waals surface area (Å²) >= 11 is 0. The highest BCUT2D eigenvalue weighted by molar-refractivity contribution is 5.15. The van der Waals surface area contributed by atoms with Crippen LogP contribution in [0.2, 0.25) is 0 Å². The minimum absolute atomic E-state index is 0.176. The van der Waals surface area contributed by atoms with Crippen molar-refractivity contribution in [2.75, 3.05) is 13.2 Å². The fourth-order valence-corrected chi connectivity index (χ4v) is 2.67. The first kappa shape index (κ1) is 15.5. The van der Waals surface area contributed by atoms with Gasteiger partial charge in [-0.25, -0.2) is 0 Å². The van der Waals surface area contributed by atoms with Crippen molar-refractivity contribution in [1.29, 1.82) is 0 Å². The monoisotopic (exact) mass is 275 g/mol. The molecule has 1 saturated heterocycles. The van der Waals surface area contributed by atoms with Crippen molar-refractivity contribution in [3.63, 3.8) is 0 Å². The van der Waals surface area contributed by atoms with Gasteiger partial charge in [0.2, 0.25) is 0 Å². The molecule has 1 aromatic carbocycles. The Morgan fingerprint density at radius 3 is 2.35 bits per heavy atom. The molecule has 111 valence electrons. The van der Waals surface area contributed by atoms with Crippen LogP contribution in [0.15, 0.2) is 24.3 Å². The Hall–Kier alpha value is -0.860. The summed E-state index contributed by atoms with van der Waals surface area (Å²) in [6, 6.07) is 10.9. The van der Waals surface area contributed by atoms with E-state index in [1.807, 2.05) is 24.3 Å². The maximum absolute atomic E-state index is 5.84. The number of rotatable bonds is 8. The summed E-state index contributed by atoms with van der Waals surface area (Å²) in [5.41, 5.74) is 1.10. The van der Waals surface area contributed by atoms with Gasteiger partial charge >= 0.3 is 0 Å². The van der Waals surface area contributed by atoms with E-state index in [2.05, 4.69) is 13.0 Å². The van der Waals surface area contributed by atoms with Crippen LogP contribution in [-0.4, -0.2) is 13.2 Å². The number of hydrogen-bond donors (Lipinski definition) is 0. The molecule has 20 heavy (non-hydrogen) atoms. The molecular weight excluding hydrogens is 248 g/mol. The minimum Gasteiger partial charge on any atom is -0.348 e. The van der Waals surface area contributed by atoms with Gasteiger partial charge in [0.1, 0.15) is 0 Å². The topological polar surface area (TPSA) is 18.5 Å². The van der Waals surface area contributed by atoms with E-state index in [4.69, 9.17) is 9.47 Å². The van der Waals surface area contributed by atoms with Crippen LogP contribution in [0, 0.1) is 12.0 Å². The zero-order valence-corrected chi connectivity index (χ0v) is 12.6. The predicted octanol–water partition coefficient (Wildman–Crippen LogP) is 4.90. The molecule has 0 aromatic heterocycles. The molecule has 1 aliphatic heterocycles. The largest absolute Gasteiger partial charge is 0.348 e. The lowest BCUT2D eigenvalue weighted by molar-refractivity contribution is -0.206. The summed E-state index contributed by atoms with van der Waals surface area (Å²) in [6.45, 7) is 3.92. The average Bonchev–Trinajstić information content (AvgIpc) is 2.52. The maximum atomic E-state index is 5.84. The Kier molecular flexibility index (Phi) is 7.10. The van der Waals surface area contributed by atoms with Crippen molar-refractivity contribution in [1.82, 2.24) is 0 Å². The lowest BCUT2D eigenvalue weighted by atomic mass is 10.0. The lowest BCUT2D eigenvalue weighted by Crippen LogP contribution is -2.27. The molecule has 0 N–H and O–H groups in total. The highest BCUT2D eigenvalue weighted by atomic mass is 16.7. The molecule has 0 aliphatic carbocycles. The van der Waals surface area contributed by atoms with Crippen molar-refractivity contribution >= 4 is 0 Å². The van der Waals surface area contributed by atoms with Gasteiger partial charge in [-0.05, 0) is 12.5 Å². The fourth-order valence-electron chi connectivity index (χ4n) is 2.67. The standard InChI is InChI=1S/C18H27O2/c1-2-3-4-5-6-8-11-16-14-19-18(20-15-16)17-12-9-7-10-13-17/h9-10,12-13,16,18H,2-6,8,11,14-15H2,1H3. The third-order valence-corrected chi connectivity index (χ3v) is 3.95. The second kappa shape index (κ2) is 9.15. The fraction of sp³-hybridized carbons (Fsp3) is 0.667. The molecule has 1 radical (unpaired) electrons. The van der Waals surface area contributed by atoms with E-state index in [1.165, 1.54) is 44.9 Å². The first-order chi connectivity index (χ1) is 9.90. The van der Waals surface area contributed by atoms with Crippen LogP contribution >= 0.6 is 0 Å². The van der Waals surface area contributed by atoms with E-state index in [9.17, 15) is 0 Å². The van der Waals surface area contributed by atoms with Crippen LogP contribution in [0.5, 0.6) is 0 Å². The van der Waals surface area contributed by atoms with Crippen molar-refractivity contribution in [3.05, 3.63) is 35.9 Å². The molecular formula is C18H27O2. The Bertz CT molecular complexity index is 342. The summed E-state index contributed by atoms with van der Waals surface area (Å²) in [6.07, 6.45) is 9.20. The molecule has 1 fully saturated rings. The Labute approximate surface area is 123 Å². The Balaban J connectivity index is 1.58. The van der Waals surface area contributed by atoms with E-state index in [0.29, 0.717) is 5.92 Å². The smallest absolute Gasteiger partial charge is 0.183 e. The predicted molar refractivity (Wildman–Crippen MR) is 81.4 cm³/mol. The molecule has 2 nitrogen and oxygen atoms in total. The molecule has 0 unspecified atom stereocenters. The van der Waals surface area contributed by atoms with Crippen LogP contribution in [-0.2, 0) is 9.47 Å². The third kappa shape index (κ3) is 5.26. The molecule has 0 atom stereocenters. The van der Waals surface area contributed by atoms with Crippen molar-refractivity contribution in [2.24, 2.45) is 5.92 Å². The SMILES string of the molecule is CCCCCCCCC1COC(c2cc[c]cc2)OC1. The molecule has 1 heterocycles. The van der Waals surface area contributed by atoms with Crippen molar-refractivity contribution in [3.8, 4) is 0 Å². The van der Waals surface area contributed by atoms with Gasteiger partial charge in [0.15, 0.2) is 6.29 Å². The molecule has 0 saturated carbocycles. The van der Waals surface area contributed by atoms with Gasteiger partial charge in [-0.2, -0.15) is 0 Å². The molecule has 2 rings (SSSR count). The summed E-state index contributed by atoms with van der Waals surface area (Å²) in [4.78, 5) is 0. The van der Waals surface area contributed by atoms with E-state index in [1.54, 1.807) is 0 Å². The number of ether oxygens (including phenoxy) is 2. The summed E-state index contributed by atoms with van der Waals surface area (Å²) < 4.78 is 11.7. The average molecular weight is 275 g/mol. The van der Waals surface area contributed by atoms with Gasteiger partial charge in [-0.3, -0.25) is 0 Å². The van der Waals surface area contributed by atoms with E-state index < -0.39 is 0 Å². The second-order valence-electron chi connectivity index (χ2n) is 5.75. The van der Waals surface area contributed by atoms with Crippen LogP contribution < -0.4 is 0 Å². The number of benzene rings is 1. The minimum atomic E-state index is -0.176. The first-order valence-corrected chi connectivity index (χ1v) is 8.09. The van der Waals surface area contributed by atoms with Gasteiger partial charge in [-0.1, -0.05) is 69.7 Å². The summed E-state index contributed by atoms with van der Waals surface area (Å²) in [5, 5.41) is 0. The summed E-state index contributed by atoms with van der Waals surface area (Å²) in [5.74, 6) is 0.577. The quantitative estimate of drug-likeness (QED) is 0.628. The van der Waals surface area contributed by atoms with Gasteiger partial charge in [-0.15, -0.1) is 0 Å². The van der Waals surface area contributed by atoms with Gasteiger partial charge in [0.05, 0.1) is 13.2 Å². The van der Waals surface area contributed by atoms with Crippen LogP contribution in [0.3, 0.4) is 0 Å².